The molecule has 12 nitrogen and oxygen atoms in total. The third-order valence-electron chi connectivity index (χ3n) is 5.30. The fraction of sp³-hybridized carbons (Fsp3) is 0.286. The van der Waals surface area contributed by atoms with E-state index in [1.165, 1.54) is 12.1 Å². The zero-order valence-corrected chi connectivity index (χ0v) is 26.0. The van der Waals surface area contributed by atoms with Gasteiger partial charge in [0.2, 0.25) is 0 Å². The second-order valence-corrected chi connectivity index (χ2v) is 11.5. The van der Waals surface area contributed by atoms with Crippen molar-refractivity contribution in [3.8, 4) is 12.1 Å². The van der Waals surface area contributed by atoms with Crippen molar-refractivity contribution in [1.82, 2.24) is 0 Å². The number of nitro groups is 2. The van der Waals surface area contributed by atoms with E-state index in [1.807, 2.05) is 0 Å². The Morgan fingerprint density at radius 3 is 1.19 bits per heavy atom. The smallest absolute Gasteiger partial charge is 0.871 e. The number of carbonyl (C=O) groups is 2. The van der Waals surface area contributed by atoms with Gasteiger partial charge in [-0.25, -0.2) is 0 Å². The average molecular weight is 679 g/mol. The van der Waals surface area contributed by atoms with Gasteiger partial charge in [0.1, 0.15) is 12.1 Å². The van der Waals surface area contributed by atoms with E-state index in [-0.39, 0.29) is 38.2 Å². The molecular formula is C28H24Cl2CuN4O8. The first-order valence-corrected chi connectivity index (χ1v) is 12.6. The number of Topliss-reactive ketones (excluding diaryl/α,β-unsaturated/α-hetero) is 2. The molecule has 0 spiro atoms. The van der Waals surface area contributed by atoms with Crippen molar-refractivity contribution in [3.63, 3.8) is 0 Å². The molecule has 43 heavy (non-hydrogen) atoms. The summed E-state index contributed by atoms with van der Waals surface area (Å²) in [4.78, 5) is 44.5. The molecule has 0 heterocycles. The van der Waals surface area contributed by atoms with Crippen LogP contribution in [0, 0.1) is 53.7 Å². The summed E-state index contributed by atoms with van der Waals surface area (Å²) in [5.41, 5.74) is -4.90. The van der Waals surface area contributed by atoms with Crippen molar-refractivity contribution >= 4 is 57.7 Å². The fourth-order valence-electron chi connectivity index (χ4n) is 3.12. The number of benzene rings is 2. The number of nitriles is 2. The van der Waals surface area contributed by atoms with Gasteiger partial charge in [0.25, 0.3) is 11.4 Å². The summed E-state index contributed by atoms with van der Waals surface area (Å²) < 4.78 is 0. The normalized spacial score (nSPS) is 12.0. The van der Waals surface area contributed by atoms with E-state index >= 15 is 0 Å². The number of hydrogen-bond acceptors (Lipinski definition) is 10. The molecule has 15 heteroatoms. The average Bonchev–Trinajstić information content (AvgIpc) is 2.88. The number of allylic oxidation sites excluding steroid dienone is 2. The summed E-state index contributed by atoms with van der Waals surface area (Å²) >= 11 is 11.3. The molecule has 0 unspecified atom stereocenters. The van der Waals surface area contributed by atoms with Crippen molar-refractivity contribution < 1.29 is 46.7 Å². The van der Waals surface area contributed by atoms with E-state index in [0.29, 0.717) is 0 Å². The third kappa shape index (κ3) is 9.91. The molecule has 0 amide bonds. The van der Waals surface area contributed by atoms with E-state index in [0.717, 1.165) is 24.3 Å². The molecule has 0 aliphatic rings. The Balaban J connectivity index is 0.000000802. The van der Waals surface area contributed by atoms with Gasteiger partial charge in [0.05, 0.1) is 21.0 Å². The molecule has 0 fully saturated rings. The molecule has 0 atom stereocenters. The van der Waals surface area contributed by atoms with E-state index in [1.54, 1.807) is 53.7 Å². The molecule has 0 aliphatic carbocycles. The maximum absolute atomic E-state index is 12.3. The first kappa shape index (κ1) is 38.7. The topological polar surface area (TPSA) is 214 Å². The zero-order chi connectivity index (χ0) is 32.7. The molecule has 1 radical (unpaired) electrons. The van der Waals surface area contributed by atoms with Crippen LogP contribution >= 0.6 is 23.2 Å². The monoisotopic (exact) mass is 677 g/mol. The van der Waals surface area contributed by atoms with Crippen LogP contribution in [-0.2, 0) is 26.7 Å². The van der Waals surface area contributed by atoms with Crippen LogP contribution in [0.3, 0.4) is 0 Å². The minimum Gasteiger partial charge on any atom is -0.871 e. The molecule has 0 N–H and O–H groups in total. The van der Waals surface area contributed by atoms with Crippen molar-refractivity contribution in [1.29, 1.82) is 10.5 Å². The molecular weight excluding hydrogens is 655 g/mol. The number of carbonyl (C=O) groups excluding carboxylic acids is 2. The molecule has 2 aromatic rings. The van der Waals surface area contributed by atoms with Crippen molar-refractivity contribution in [2.75, 3.05) is 0 Å². The molecule has 2 aromatic carbocycles. The van der Waals surface area contributed by atoms with Gasteiger partial charge in [-0.05, 0) is 24.3 Å². The Bertz CT molecular complexity index is 1490. The molecule has 229 valence electrons. The van der Waals surface area contributed by atoms with Crippen LogP contribution in [0.5, 0.6) is 0 Å². The third-order valence-corrected chi connectivity index (χ3v) is 5.77. The van der Waals surface area contributed by atoms with Crippen LogP contribution < -0.4 is 10.2 Å². The summed E-state index contributed by atoms with van der Waals surface area (Å²) in [7, 11) is 0. The maximum atomic E-state index is 12.3. The SMILES string of the molecule is CC(C)(C)C(=O)C(C#N)=C([O-])c1ccc(Cl)cc1[N+](=O)[O-].CC(C)(C)C(=O)C(C#N)=C([O-])c1ccc(Cl)cc1[N+](=O)[O-].[Cu+2]. The van der Waals surface area contributed by atoms with Gasteiger partial charge in [-0.3, -0.25) is 29.8 Å². The predicted octanol–water partition coefficient (Wildman–Crippen LogP) is 4.91. The second-order valence-electron chi connectivity index (χ2n) is 10.6. The largest absolute Gasteiger partial charge is 2.00 e. The molecule has 0 aliphatic heterocycles. The number of nitrogens with zero attached hydrogens (tertiary/aromatic N) is 4. The summed E-state index contributed by atoms with van der Waals surface area (Å²) in [6.45, 7) is 9.31. The maximum Gasteiger partial charge on any atom is 2.00 e. The first-order chi connectivity index (χ1) is 19.2. The van der Waals surface area contributed by atoms with Crippen molar-refractivity contribution in [2.45, 2.75) is 41.5 Å². The summed E-state index contributed by atoms with van der Waals surface area (Å²) in [5, 5.41) is 64.8. The Morgan fingerprint density at radius 2 is 0.977 bits per heavy atom. The minimum absolute atomic E-state index is 0. The van der Waals surface area contributed by atoms with Crippen LogP contribution in [0.25, 0.3) is 11.5 Å². The van der Waals surface area contributed by atoms with E-state index < -0.39 is 66.3 Å². The minimum atomic E-state index is -0.971. The molecule has 2 rings (SSSR count). The summed E-state index contributed by atoms with van der Waals surface area (Å²) in [5.74, 6) is -3.28. The molecule has 0 bridgehead atoms. The Morgan fingerprint density at radius 1 is 0.698 bits per heavy atom. The van der Waals surface area contributed by atoms with Crippen LogP contribution in [0.15, 0.2) is 47.5 Å². The van der Waals surface area contributed by atoms with Gasteiger partial charge in [0.15, 0.2) is 11.6 Å². The van der Waals surface area contributed by atoms with Crippen LogP contribution in [0.2, 0.25) is 10.0 Å². The van der Waals surface area contributed by atoms with E-state index in [9.17, 15) is 40.0 Å². The Hall–Kier alpha value is -4.26. The molecule has 0 aromatic heterocycles. The first-order valence-electron chi connectivity index (χ1n) is 11.8. The second kappa shape index (κ2) is 15.3. The standard InChI is InChI=1S/2C14H13ClN2O4.Cu/c2*1-14(2,3)13(19)10(7-16)12(18)9-5-4-8(15)6-11(9)17(20)21;/h2*4-6,18H,1-3H3;/q;;+2/p-2. The van der Waals surface area contributed by atoms with E-state index in [2.05, 4.69) is 0 Å². The fourth-order valence-corrected chi connectivity index (χ4v) is 3.46. The number of hydrogen-bond donors (Lipinski definition) is 0. The van der Waals surface area contributed by atoms with Gasteiger partial charge >= 0.3 is 17.1 Å². The molecule has 0 saturated heterocycles. The van der Waals surface area contributed by atoms with Gasteiger partial charge in [0, 0.05) is 44.1 Å². The quantitative estimate of drug-likeness (QED) is 0.100. The van der Waals surface area contributed by atoms with Crippen LogP contribution in [-0.4, -0.2) is 21.4 Å². The van der Waals surface area contributed by atoms with Gasteiger partial charge in [-0.1, -0.05) is 76.3 Å². The summed E-state index contributed by atoms with van der Waals surface area (Å²) in [6, 6.07) is 9.96. The predicted molar refractivity (Wildman–Crippen MR) is 150 cm³/mol. The summed E-state index contributed by atoms with van der Waals surface area (Å²) in [6.07, 6.45) is 0. The van der Waals surface area contributed by atoms with Gasteiger partial charge < -0.3 is 10.2 Å². The number of halogens is 2. The van der Waals surface area contributed by atoms with Crippen molar-refractivity contribution in [3.05, 3.63) is 88.9 Å². The van der Waals surface area contributed by atoms with Gasteiger partial charge in [-0.15, -0.1) is 0 Å². The van der Waals surface area contributed by atoms with Gasteiger partial charge in [-0.2, -0.15) is 10.5 Å². The number of nitro benzene ring substituents is 2. The molecule has 0 saturated carbocycles. The van der Waals surface area contributed by atoms with Crippen LogP contribution in [0.1, 0.15) is 52.7 Å². The Kier molecular flexibility index (Phi) is 13.8. The number of rotatable bonds is 6. The number of ketones is 2. The zero-order valence-electron chi connectivity index (χ0n) is 23.6. The Labute approximate surface area is 267 Å². The van der Waals surface area contributed by atoms with Crippen molar-refractivity contribution in [2.24, 2.45) is 10.8 Å². The van der Waals surface area contributed by atoms with Crippen LogP contribution in [0.4, 0.5) is 11.4 Å². The van der Waals surface area contributed by atoms with E-state index in [4.69, 9.17) is 33.7 Å².